The maximum atomic E-state index is 12.5. The maximum Gasteiger partial charge on any atom is 0.416 e. The number of nitrogens with zero attached hydrogens (tertiary/aromatic N) is 2. The van der Waals surface area contributed by atoms with Crippen molar-refractivity contribution >= 4 is 5.69 Å². The van der Waals surface area contributed by atoms with Crippen molar-refractivity contribution in [3.63, 3.8) is 0 Å². The van der Waals surface area contributed by atoms with Crippen molar-refractivity contribution in [1.82, 2.24) is 0 Å². The van der Waals surface area contributed by atoms with Crippen LogP contribution >= 0.6 is 0 Å². The van der Waals surface area contributed by atoms with Crippen LogP contribution in [0.25, 0.3) is 0 Å². The molecular weight excluding hydrogens is 241 g/mol. The van der Waals surface area contributed by atoms with Gasteiger partial charge in [0.15, 0.2) is 0 Å². The highest BCUT2D eigenvalue weighted by molar-refractivity contribution is 5.61. The van der Waals surface area contributed by atoms with Gasteiger partial charge >= 0.3 is 6.18 Å². The van der Waals surface area contributed by atoms with E-state index in [1.807, 2.05) is 23.1 Å². The van der Waals surface area contributed by atoms with E-state index < -0.39 is 11.7 Å². The highest BCUT2D eigenvalue weighted by Crippen LogP contribution is 2.33. The molecule has 0 bridgehead atoms. The molecule has 1 aliphatic rings. The molecule has 0 aliphatic carbocycles. The Labute approximate surface area is 103 Å². The van der Waals surface area contributed by atoms with Gasteiger partial charge in [-0.05, 0) is 24.6 Å². The summed E-state index contributed by atoms with van der Waals surface area (Å²) in [6.45, 7) is 1.34. The number of hydrogen-bond acceptors (Lipinski definition) is 2. The molecule has 0 saturated heterocycles. The Morgan fingerprint density at radius 3 is 2.56 bits per heavy atom. The van der Waals surface area contributed by atoms with E-state index in [0.29, 0.717) is 12.2 Å². The fraction of sp³-hybridized carbons (Fsp3) is 0.308. The zero-order valence-electron chi connectivity index (χ0n) is 9.54. The van der Waals surface area contributed by atoms with E-state index in [2.05, 4.69) is 0 Å². The summed E-state index contributed by atoms with van der Waals surface area (Å²) in [5.74, 6) is 0. The lowest BCUT2D eigenvalue weighted by Gasteiger charge is -2.26. The van der Waals surface area contributed by atoms with Crippen LogP contribution in [0.5, 0.6) is 0 Å². The number of halogens is 3. The Morgan fingerprint density at radius 1 is 1.22 bits per heavy atom. The number of rotatable bonds is 1. The normalized spacial score (nSPS) is 15.6. The van der Waals surface area contributed by atoms with Gasteiger partial charge in [0, 0.05) is 13.1 Å². The summed E-state index contributed by atoms with van der Waals surface area (Å²) >= 11 is 0. The first-order valence-electron chi connectivity index (χ1n) is 5.53. The van der Waals surface area contributed by atoms with Crippen LogP contribution in [0.1, 0.15) is 17.5 Å². The molecule has 1 heterocycles. The molecule has 2 nitrogen and oxygen atoms in total. The standard InChI is InChI=1S/C13H11F3N2/c14-13(15,16)11-4-5-12(10(8-11)9-17)18-6-2-1-3-7-18/h1-2,4-5,8H,3,6-7H2. The monoisotopic (exact) mass is 252 g/mol. The van der Waals surface area contributed by atoms with Gasteiger partial charge in [-0.2, -0.15) is 18.4 Å². The van der Waals surface area contributed by atoms with Gasteiger partial charge in [0.1, 0.15) is 6.07 Å². The van der Waals surface area contributed by atoms with E-state index >= 15 is 0 Å². The van der Waals surface area contributed by atoms with E-state index in [9.17, 15) is 13.2 Å². The van der Waals surface area contributed by atoms with Gasteiger partial charge in [-0.25, -0.2) is 0 Å². The van der Waals surface area contributed by atoms with Gasteiger partial charge in [0.05, 0.1) is 16.8 Å². The van der Waals surface area contributed by atoms with Crippen LogP contribution in [0.2, 0.25) is 0 Å². The van der Waals surface area contributed by atoms with E-state index in [4.69, 9.17) is 5.26 Å². The van der Waals surface area contributed by atoms with Crippen molar-refractivity contribution in [2.24, 2.45) is 0 Å². The molecule has 0 saturated carbocycles. The molecule has 0 amide bonds. The molecule has 1 aromatic carbocycles. The lowest BCUT2D eigenvalue weighted by atomic mass is 10.1. The predicted octanol–water partition coefficient (Wildman–Crippen LogP) is 3.34. The van der Waals surface area contributed by atoms with Crippen LogP contribution < -0.4 is 4.90 Å². The Hall–Kier alpha value is -1.96. The summed E-state index contributed by atoms with van der Waals surface area (Å²) in [7, 11) is 0. The van der Waals surface area contributed by atoms with E-state index in [-0.39, 0.29) is 5.56 Å². The quantitative estimate of drug-likeness (QED) is 0.717. The SMILES string of the molecule is N#Cc1cc(C(F)(F)F)ccc1N1CC=CCC1. The average molecular weight is 252 g/mol. The number of nitriles is 1. The highest BCUT2D eigenvalue weighted by atomic mass is 19.4. The number of benzene rings is 1. The van der Waals surface area contributed by atoms with Gasteiger partial charge in [-0.15, -0.1) is 0 Å². The van der Waals surface area contributed by atoms with Crippen LogP contribution in [-0.2, 0) is 6.18 Å². The van der Waals surface area contributed by atoms with Crippen LogP contribution in [0.3, 0.4) is 0 Å². The third-order valence-electron chi connectivity index (χ3n) is 2.84. The minimum absolute atomic E-state index is 0.0696. The zero-order valence-corrected chi connectivity index (χ0v) is 9.54. The van der Waals surface area contributed by atoms with Crippen molar-refractivity contribution in [1.29, 1.82) is 5.26 Å². The van der Waals surface area contributed by atoms with Crippen LogP contribution in [-0.4, -0.2) is 13.1 Å². The van der Waals surface area contributed by atoms with Crippen molar-refractivity contribution in [3.05, 3.63) is 41.5 Å². The van der Waals surface area contributed by atoms with E-state index in [1.54, 1.807) is 0 Å². The first kappa shape index (κ1) is 12.5. The molecule has 1 aliphatic heterocycles. The Morgan fingerprint density at radius 2 is 2.00 bits per heavy atom. The molecule has 0 fully saturated rings. The summed E-state index contributed by atoms with van der Waals surface area (Å²) in [6.07, 6.45) is 0.396. The summed E-state index contributed by atoms with van der Waals surface area (Å²) in [5.41, 5.74) is -0.148. The minimum atomic E-state index is -4.41. The smallest absolute Gasteiger partial charge is 0.366 e. The van der Waals surface area contributed by atoms with Crippen LogP contribution in [0.4, 0.5) is 18.9 Å². The molecular formula is C13H11F3N2. The summed E-state index contributed by atoms with van der Waals surface area (Å²) in [5, 5.41) is 8.98. The lowest BCUT2D eigenvalue weighted by molar-refractivity contribution is -0.137. The number of alkyl halides is 3. The van der Waals surface area contributed by atoms with Crippen molar-refractivity contribution in [2.75, 3.05) is 18.0 Å². The topological polar surface area (TPSA) is 27.0 Å². The molecule has 0 atom stereocenters. The zero-order chi connectivity index (χ0) is 13.2. The fourth-order valence-corrected chi connectivity index (χ4v) is 1.94. The second kappa shape index (κ2) is 4.73. The van der Waals surface area contributed by atoms with Gasteiger partial charge in [0.2, 0.25) is 0 Å². The minimum Gasteiger partial charge on any atom is -0.366 e. The molecule has 0 unspecified atom stereocenters. The molecule has 0 radical (unpaired) electrons. The molecule has 5 heteroatoms. The molecule has 18 heavy (non-hydrogen) atoms. The largest absolute Gasteiger partial charge is 0.416 e. The first-order valence-corrected chi connectivity index (χ1v) is 5.53. The average Bonchev–Trinajstić information content (AvgIpc) is 2.38. The fourth-order valence-electron chi connectivity index (χ4n) is 1.94. The number of anilines is 1. The van der Waals surface area contributed by atoms with Crippen LogP contribution in [0.15, 0.2) is 30.4 Å². The summed E-state index contributed by atoms with van der Waals surface area (Å²) in [6, 6.07) is 5.15. The molecule has 0 aromatic heterocycles. The lowest BCUT2D eigenvalue weighted by Crippen LogP contribution is -2.27. The second-order valence-electron chi connectivity index (χ2n) is 4.05. The Bertz CT molecular complexity index is 512. The third-order valence-corrected chi connectivity index (χ3v) is 2.84. The van der Waals surface area contributed by atoms with E-state index in [0.717, 1.165) is 25.1 Å². The summed E-state index contributed by atoms with van der Waals surface area (Å²) in [4.78, 5) is 1.90. The van der Waals surface area contributed by atoms with Crippen molar-refractivity contribution in [3.8, 4) is 6.07 Å². The molecule has 1 aromatic rings. The van der Waals surface area contributed by atoms with Gasteiger partial charge in [-0.3, -0.25) is 0 Å². The number of hydrogen-bond donors (Lipinski definition) is 0. The highest BCUT2D eigenvalue weighted by Gasteiger charge is 2.31. The second-order valence-corrected chi connectivity index (χ2v) is 4.05. The van der Waals surface area contributed by atoms with E-state index in [1.165, 1.54) is 6.07 Å². The Balaban J connectivity index is 2.38. The third kappa shape index (κ3) is 2.48. The van der Waals surface area contributed by atoms with Gasteiger partial charge < -0.3 is 4.90 Å². The molecule has 0 N–H and O–H groups in total. The van der Waals surface area contributed by atoms with Gasteiger partial charge in [0.25, 0.3) is 0 Å². The van der Waals surface area contributed by atoms with Crippen LogP contribution in [0, 0.1) is 11.3 Å². The maximum absolute atomic E-state index is 12.5. The molecule has 94 valence electrons. The molecule has 0 spiro atoms. The van der Waals surface area contributed by atoms with Gasteiger partial charge in [-0.1, -0.05) is 12.2 Å². The summed E-state index contributed by atoms with van der Waals surface area (Å²) < 4.78 is 37.6. The first-order chi connectivity index (χ1) is 8.52. The predicted molar refractivity (Wildman–Crippen MR) is 62.1 cm³/mol. The van der Waals surface area contributed by atoms with Crippen molar-refractivity contribution in [2.45, 2.75) is 12.6 Å². The Kier molecular flexibility index (Phi) is 3.28. The van der Waals surface area contributed by atoms with Crippen molar-refractivity contribution < 1.29 is 13.2 Å². The molecule has 2 rings (SSSR count).